The van der Waals surface area contributed by atoms with Gasteiger partial charge in [0.2, 0.25) is 5.96 Å². The van der Waals surface area contributed by atoms with Crippen LogP contribution < -0.4 is 11.5 Å². The highest BCUT2D eigenvalue weighted by Crippen LogP contribution is 2.08. The van der Waals surface area contributed by atoms with Crippen LogP contribution in [0.4, 0.5) is 0 Å². The maximum Gasteiger partial charge on any atom is 0.211 e. The van der Waals surface area contributed by atoms with Crippen LogP contribution in [0.3, 0.4) is 0 Å². The van der Waals surface area contributed by atoms with E-state index >= 15 is 0 Å². The summed E-state index contributed by atoms with van der Waals surface area (Å²) >= 11 is 2.22. The van der Waals surface area contributed by atoms with Gasteiger partial charge in [0.05, 0.1) is 6.21 Å². The largest absolute Gasteiger partial charge is 0.369 e. The molecule has 0 saturated heterocycles. The number of nitrogens with zero attached hydrogens (tertiary/aromatic N) is 2. The normalized spacial score (nSPS) is 10.2. The van der Waals surface area contributed by atoms with Gasteiger partial charge in [0, 0.05) is 9.13 Å². The Morgan fingerprint density at radius 2 is 2.00 bits per heavy atom. The topological polar surface area (TPSA) is 76.8 Å². The summed E-state index contributed by atoms with van der Waals surface area (Å²) in [6.07, 6.45) is 1.61. The van der Waals surface area contributed by atoms with Crippen molar-refractivity contribution in [1.29, 1.82) is 0 Å². The summed E-state index contributed by atoms with van der Waals surface area (Å²) in [6, 6.07) is 7.81. The van der Waals surface area contributed by atoms with Crippen molar-refractivity contribution in [3.8, 4) is 0 Å². The van der Waals surface area contributed by atoms with Crippen molar-refractivity contribution < 1.29 is 0 Å². The molecule has 0 bridgehead atoms. The van der Waals surface area contributed by atoms with E-state index in [1.165, 1.54) is 0 Å². The van der Waals surface area contributed by atoms with Gasteiger partial charge in [-0.1, -0.05) is 18.2 Å². The van der Waals surface area contributed by atoms with Crippen LogP contribution >= 0.6 is 22.6 Å². The minimum atomic E-state index is -0.0396. The van der Waals surface area contributed by atoms with Crippen LogP contribution in [-0.4, -0.2) is 12.2 Å². The zero-order valence-electron chi connectivity index (χ0n) is 6.81. The summed E-state index contributed by atoms with van der Waals surface area (Å²) in [5, 5.41) is 7.21. The Kier molecular flexibility index (Phi) is 3.69. The molecule has 68 valence electrons. The van der Waals surface area contributed by atoms with Crippen LogP contribution in [0.2, 0.25) is 0 Å². The molecule has 0 aliphatic heterocycles. The second-order valence-corrected chi connectivity index (χ2v) is 3.45. The summed E-state index contributed by atoms with van der Waals surface area (Å²) in [5.41, 5.74) is 11.2. The molecule has 1 aromatic rings. The fourth-order valence-electron chi connectivity index (χ4n) is 0.738. The van der Waals surface area contributed by atoms with Gasteiger partial charge in [-0.2, -0.15) is 5.10 Å². The van der Waals surface area contributed by atoms with Gasteiger partial charge in [-0.15, -0.1) is 5.10 Å². The third kappa shape index (κ3) is 3.41. The van der Waals surface area contributed by atoms with E-state index in [4.69, 9.17) is 11.5 Å². The molecule has 0 spiro atoms. The van der Waals surface area contributed by atoms with Crippen molar-refractivity contribution in [1.82, 2.24) is 0 Å². The monoisotopic (exact) mass is 288 g/mol. The van der Waals surface area contributed by atoms with E-state index in [0.717, 1.165) is 9.13 Å². The van der Waals surface area contributed by atoms with Crippen LogP contribution in [-0.2, 0) is 0 Å². The molecule has 0 aromatic heterocycles. The van der Waals surface area contributed by atoms with Crippen LogP contribution in [0.25, 0.3) is 0 Å². The summed E-state index contributed by atoms with van der Waals surface area (Å²) in [6.45, 7) is 0. The molecule has 4 N–H and O–H groups in total. The smallest absolute Gasteiger partial charge is 0.211 e. The molecule has 0 amide bonds. The van der Waals surface area contributed by atoms with E-state index in [9.17, 15) is 0 Å². The predicted molar refractivity (Wildman–Crippen MR) is 62.6 cm³/mol. The average molecular weight is 288 g/mol. The molecular formula is C8H9IN4. The Morgan fingerprint density at radius 3 is 2.62 bits per heavy atom. The maximum atomic E-state index is 5.11. The molecule has 0 aliphatic carbocycles. The van der Waals surface area contributed by atoms with E-state index in [2.05, 4.69) is 32.8 Å². The van der Waals surface area contributed by atoms with E-state index in [0.29, 0.717) is 0 Å². The SMILES string of the molecule is NC(N)=N/N=C\c1ccccc1I. The molecule has 0 atom stereocenters. The molecule has 1 aromatic carbocycles. The lowest BCUT2D eigenvalue weighted by Gasteiger charge is -1.94. The van der Waals surface area contributed by atoms with Gasteiger partial charge in [-0.3, -0.25) is 0 Å². The lowest BCUT2D eigenvalue weighted by Crippen LogP contribution is -2.21. The van der Waals surface area contributed by atoms with E-state index in [1.807, 2.05) is 24.3 Å². The Morgan fingerprint density at radius 1 is 1.31 bits per heavy atom. The quantitative estimate of drug-likeness (QED) is 0.367. The minimum Gasteiger partial charge on any atom is -0.369 e. The number of hydrogen-bond donors (Lipinski definition) is 2. The summed E-state index contributed by atoms with van der Waals surface area (Å²) in [7, 11) is 0. The van der Waals surface area contributed by atoms with Gasteiger partial charge >= 0.3 is 0 Å². The average Bonchev–Trinajstić information content (AvgIpc) is 2.08. The fraction of sp³-hybridized carbons (Fsp3) is 0. The second-order valence-electron chi connectivity index (χ2n) is 2.29. The highest BCUT2D eigenvalue weighted by atomic mass is 127. The van der Waals surface area contributed by atoms with Gasteiger partial charge in [0.15, 0.2) is 0 Å². The number of halogens is 1. The Labute approximate surface area is 89.9 Å². The first-order valence-electron chi connectivity index (χ1n) is 3.56. The highest BCUT2D eigenvalue weighted by Gasteiger charge is 1.92. The van der Waals surface area contributed by atoms with Crippen molar-refractivity contribution >= 4 is 34.8 Å². The Balaban J connectivity index is 2.80. The first-order valence-corrected chi connectivity index (χ1v) is 4.64. The number of guanidine groups is 1. The van der Waals surface area contributed by atoms with Crippen molar-refractivity contribution in [3.05, 3.63) is 33.4 Å². The number of nitrogens with two attached hydrogens (primary N) is 2. The van der Waals surface area contributed by atoms with Crippen molar-refractivity contribution in [3.63, 3.8) is 0 Å². The molecule has 0 heterocycles. The van der Waals surface area contributed by atoms with Crippen molar-refractivity contribution in [2.24, 2.45) is 21.7 Å². The molecule has 0 radical (unpaired) electrons. The Hall–Kier alpha value is -1.11. The predicted octanol–water partition coefficient (Wildman–Crippen LogP) is 0.898. The Bertz CT molecular complexity index is 342. The van der Waals surface area contributed by atoms with Gasteiger partial charge in [0.25, 0.3) is 0 Å². The minimum absolute atomic E-state index is 0.0396. The van der Waals surface area contributed by atoms with Crippen LogP contribution in [0, 0.1) is 3.57 Å². The molecule has 4 nitrogen and oxygen atoms in total. The van der Waals surface area contributed by atoms with Gasteiger partial charge in [-0.25, -0.2) is 0 Å². The zero-order chi connectivity index (χ0) is 9.68. The van der Waals surface area contributed by atoms with Crippen LogP contribution in [0.15, 0.2) is 34.5 Å². The first kappa shape index (κ1) is 9.97. The van der Waals surface area contributed by atoms with Crippen molar-refractivity contribution in [2.75, 3.05) is 0 Å². The molecule has 0 unspecified atom stereocenters. The third-order valence-corrected chi connectivity index (χ3v) is 2.26. The molecule has 0 aliphatic rings. The first-order chi connectivity index (χ1) is 6.20. The maximum absolute atomic E-state index is 5.11. The van der Waals surface area contributed by atoms with Gasteiger partial charge in [-0.05, 0) is 28.7 Å². The van der Waals surface area contributed by atoms with Gasteiger partial charge in [0.1, 0.15) is 0 Å². The van der Waals surface area contributed by atoms with E-state index < -0.39 is 0 Å². The van der Waals surface area contributed by atoms with Crippen molar-refractivity contribution in [2.45, 2.75) is 0 Å². The summed E-state index contributed by atoms with van der Waals surface area (Å²) in [5.74, 6) is -0.0396. The molecule has 1 rings (SSSR count). The van der Waals surface area contributed by atoms with E-state index in [1.54, 1.807) is 6.21 Å². The third-order valence-electron chi connectivity index (χ3n) is 1.28. The number of rotatable bonds is 2. The fourth-order valence-corrected chi connectivity index (χ4v) is 1.26. The molecular weight excluding hydrogens is 279 g/mol. The van der Waals surface area contributed by atoms with Crippen LogP contribution in [0.5, 0.6) is 0 Å². The summed E-state index contributed by atoms with van der Waals surface area (Å²) < 4.78 is 1.11. The van der Waals surface area contributed by atoms with Crippen LogP contribution in [0.1, 0.15) is 5.56 Å². The second kappa shape index (κ2) is 4.80. The lowest BCUT2D eigenvalue weighted by molar-refractivity contribution is 1.21. The molecule has 13 heavy (non-hydrogen) atoms. The highest BCUT2D eigenvalue weighted by molar-refractivity contribution is 14.1. The standard InChI is InChI=1S/C8H9IN4/c9-7-4-2-1-3-6(7)5-12-13-8(10)11/h1-5H,(H4,10,11,13)/b12-5-. The number of hydrogen-bond acceptors (Lipinski definition) is 2. The van der Waals surface area contributed by atoms with E-state index in [-0.39, 0.29) is 5.96 Å². The molecule has 5 heteroatoms. The molecule has 0 saturated carbocycles. The molecule has 0 fully saturated rings. The lowest BCUT2D eigenvalue weighted by atomic mass is 10.2. The summed E-state index contributed by atoms with van der Waals surface area (Å²) in [4.78, 5) is 0. The zero-order valence-corrected chi connectivity index (χ0v) is 8.97. The number of benzene rings is 1. The van der Waals surface area contributed by atoms with Gasteiger partial charge < -0.3 is 11.5 Å².